The van der Waals surface area contributed by atoms with Crippen LogP contribution in [0.3, 0.4) is 0 Å². The van der Waals surface area contributed by atoms with Crippen LogP contribution in [-0.4, -0.2) is 39.3 Å². The first-order valence-electron chi connectivity index (χ1n) is 13.1. The monoisotopic (exact) mass is 538 g/mol. The number of carboxylic acids is 1. The molecule has 2 aromatic heterocycles. The number of aromatic carboxylic acids is 1. The number of benzene rings is 2. The predicted molar refractivity (Wildman–Crippen MR) is 134 cm³/mol. The summed E-state index contributed by atoms with van der Waals surface area (Å²) in [6, 6.07) is 11.2. The molecule has 4 aromatic rings. The normalized spacial score (nSPS) is 22.7. The van der Waals surface area contributed by atoms with E-state index in [-0.39, 0.29) is 40.9 Å². The molecule has 8 rings (SSSR count). The maximum absolute atomic E-state index is 13.8. The van der Waals surface area contributed by atoms with Crippen LogP contribution in [0.4, 0.5) is 19.2 Å². The fourth-order valence-corrected chi connectivity index (χ4v) is 6.06. The van der Waals surface area contributed by atoms with Crippen molar-refractivity contribution in [3.8, 4) is 11.3 Å². The lowest BCUT2D eigenvalue weighted by molar-refractivity contribution is -0.137. The van der Waals surface area contributed by atoms with E-state index in [1.54, 1.807) is 12.1 Å². The Balaban J connectivity index is 1.08. The van der Waals surface area contributed by atoms with Crippen LogP contribution in [0.15, 0.2) is 51.4 Å². The summed E-state index contributed by atoms with van der Waals surface area (Å²) >= 11 is 0. The van der Waals surface area contributed by atoms with Crippen LogP contribution in [0.5, 0.6) is 0 Å². The van der Waals surface area contributed by atoms with Crippen LogP contribution in [0, 0.1) is 0 Å². The third-order valence-electron chi connectivity index (χ3n) is 8.11. The third kappa shape index (κ3) is 4.25. The summed E-state index contributed by atoms with van der Waals surface area (Å²) in [5.74, 6) is -0.131. The van der Waals surface area contributed by atoms with Crippen molar-refractivity contribution in [3.63, 3.8) is 0 Å². The Morgan fingerprint density at radius 3 is 2.59 bits per heavy atom. The molecule has 8 nitrogen and oxygen atoms in total. The number of hydrogen-bond acceptors (Lipinski definition) is 7. The lowest BCUT2D eigenvalue weighted by atomic mass is 9.77. The van der Waals surface area contributed by atoms with E-state index in [0.717, 1.165) is 38.2 Å². The second kappa shape index (κ2) is 8.84. The van der Waals surface area contributed by atoms with Crippen molar-refractivity contribution in [1.82, 2.24) is 15.5 Å². The van der Waals surface area contributed by atoms with Crippen LogP contribution in [0.25, 0.3) is 22.4 Å². The van der Waals surface area contributed by atoms with Gasteiger partial charge in [-0.15, -0.1) is 0 Å². The van der Waals surface area contributed by atoms with Crippen molar-refractivity contribution in [2.75, 3.05) is 4.90 Å². The molecule has 4 heterocycles. The summed E-state index contributed by atoms with van der Waals surface area (Å²) in [6.45, 7) is 0.377. The fourth-order valence-electron chi connectivity index (χ4n) is 6.06. The molecule has 2 aliphatic carbocycles. The number of carbonyl (C=O) groups is 1. The third-order valence-corrected chi connectivity index (χ3v) is 8.11. The largest absolute Gasteiger partial charge is 0.478 e. The molecule has 2 aliphatic heterocycles. The quantitative estimate of drug-likeness (QED) is 0.296. The molecule has 2 atom stereocenters. The van der Waals surface area contributed by atoms with E-state index in [2.05, 4.69) is 20.4 Å². The molecule has 0 amide bonds. The molecule has 2 unspecified atom stereocenters. The van der Waals surface area contributed by atoms with Crippen LogP contribution in [0.1, 0.15) is 65.3 Å². The van der Waals surface area contributed by atoms with Crippen molar-refractivity contribution in [2.45, 2.75) is 68.9 Å². The van der Waals surface area contributed by atoms with Gasteiger partial charge < -0.3 is 24.3 Å². The second-order valence-electron chi connectivity index (χ2n) is 10.7. The molecule has 202 valence electrons. The molecule has 2 N–H and O–H groups in total. The Morgan fingerprint density at radius 1 is 1.10 bits per heavy atom. The molecule has 4 fully saturated rings. The minimum Gasteiger partial charge on any atom is -0.478 e. The van der Waals surface area contributed by atoms with Gasteiger partial charge in [-0.25, -0.2) is 4.79 Å². The van der Waals surface area contributed by atoms with E-state index in [4.69, 9.17) is 8.94 Å². The number of rotatable bonds is 7. The molecular weight excluding hydrogens is 513 g/mol. The Bertz CT molecular complexity index is 1560. The van der Waals surface area contributed by atoms with Crippen LogP contribution >= 0.6 is 0 Å². The SMILES string of the molecule is O=C(O)c1ccc2nc(N3C4CC(NCc5c(-c6ccccc6C(F)(F)F)noc5C5CC5)CC3C4)oc2c1. The van der Waals surface area contributed by atoms with Crippen LogP contribution in [0.2, 0.25) is 0 Å². The zero-order valence-electron chi connectivity index (χ0n) is 20.7. The maximum Gasteiger partial charge on any atom is 0.417 e. The van der Waals surface area contributed by atoms with Crippen molar-refractivity contribution < 1.29 is 32.0 Å². The van der Waals surface area contributed by atoms with Gasteiger partial charge in [-0.05, 0) is 56.4 Å². The summed E-state index contributed by atoms with van der Waals surface area (Å²) in [6.07, 6.45) is 0.0609. The summed E-state index contributed by atoms with van der Waals surface area (Å²) in [7, 11) is 0. The molecule has 11 heteroatoms. The first kappa shape index (κ1) is 24.2. The average Bonchev–Trinajstić information content (AvgIpc) is 3.53. The van der Waals surface area contributed by atoms with Crippen molar-refractivity contribution in [1.29, 1.82) is 0 Å². The summed E-state index contributed by atoms with van der Waals surface area (Å²) in [4.78, 5) is 18.0. The summed E-state index contributed by atoms with van der Waals surface area (Å²) in [5.41, 5.74) is 1.49. The number of nitrogens with one attached hydrogen (secondary N) is 1. The summed E-state index contributed by atoms with van der Waals surface area (Å²) in [5, 5.41) is 16.9. The molecule has 2 saturated carbocycles. The minimum atomic E-state index is -4.49. The first-order valence-corrected chi connectivity index (χ1v) is 13.1. The zero-order chi connectivity index (χ0) is 26.9. The van der Waals surface area contributed by atoms with Crippen LogP contribution < -0.4 is 10.2 Å². The van der Waals surface area contributed by atoms with Gasteiger partial charge in [-0.3, -0.25) is 0 Å². The number of fused-ring (bicyclic) bond motifs is 3. The lowest BCUT2D eigenvalue weighted by Gasteiger charge is -2.54. The fraction of sp³-hybridized carbons (Fsp3) is 0.393. The highest BCUT2D eigenvalue weighted by atomic mass is 19.4. The smallest absolute Gasteiger partial charge is 0.417 e. The van der Waals surface area contributed by atoms with E-state index >= 15 is 0 Å². The predicted octanol–water partition coefficient (Wildman–Crippen LogP) is 5.98. The Kier molecular flexibility index (Phi) is 5.48. The van der Waals surface area contributed by atoms with E-state index in [0.29, 0.717) is 35.0 Å². The maximum atomic E-state index is 13.8. The highest BCUT2D eigenvalue weighted by molar-refractivity contribution is 5.92. The number of nitrogens with zero attached hydrogens (tertiary/aromatic N) is 3. The topological polar surface area (TPSA) is 105 Å². The van der Waals surface area contributed by atoms with Crippen molar-refractivity contribution in [3.05, 3.63) is 64.9 Å². The van der Waals surface area contributed by atoms with Crippen molar-refractivity contribution in [2.24, 2.45) is 0 Å². The average molecular weight is 539 g/mol. The number of aromatic nitrogens is 2. The number of hydrogen-bond donors (Lipinski definition) is 2. The number of anilines is 1. The van der Waals surface area contributed by atoms with Crippen LogP contribution in [-0.2, 0) is 12.7 Å². The van der Waals surface area contributed by atoms with Gasteiger partial charge >= 0.3 is 12.1 Å². The zero-order valence-corrected chi connectivity index (χ0v) is 20.7. The van der Waals surface area contributed by atoms with Gasteiger partial charge in [0.15, 0.2) is 5.58 Å². The van der Waals surface area contributed by atoms with Gasteiger partial charge in [-0.2, -0.15) is 18.2 Å². The number of carboxylic acid groups (broad SMARTS) is 1. The molecule has 39 heavy (non-hydrogen) atoms. The molecule has 2 saturated heterocycles. The van der Waals surface area contributed by atoms with E-state index < -0.39 is 17.7 Å². The molecule has 2 aromatic carbocycles. The van der Waals surface area contributed by atoms with E-state index in [1.165, 1.54) is 24.3 Å². The highest BCUT2D eigenvalue weighted by Crippen LogP contribution is 2.46. The minimum absolute atomic E-state index is 0.0390. The second-order valence-corrected chi connectivity index (χ2v) is 10.7. The number of oxazole rings is 1. The number of halogens is 3. The Labute approximate surface area is 220 Å². The highest BCUT2D eigenvalue weighted by Gasteiger charge is 2.47. The molecule has 0 radical (unpaired) electrons. The van der Waals surface area contributed by atoms with Gasteiger partial charge in [0.1, 0.15) is 17.0 Å². The summed E-state index contributed by atoms with van der Waals surface area (Å²) < 4.78 is 52.8. The molecule has 0 spiro atoms. The van der Waals surface area contributed by atoms with Gasteiger partial charge in [0, 0.05) is 41.7 Å². The Morgan fingerprint density at radius 2 is 1.87 bits per heavy atom. The van der Waals surface area contributed by atoms with Gasteiger partial charge in [0.25, 0.3) is 6.01 Å². The van der Waals surface area contributed by atoms with Gasteiger partial charge in [-0.1, -0.05) is 23.4 Å². The lowest BCUT2D eigenvalue weighted by Crippen LogP contribution is -2.64. The standard InChI is InChI=1S/C28H25F3N4O4/c29-28(30,31)21-4-2-1-3-19(21)24-20(25(39-34-24)14-5-6-14)13-32-16-10-17-12-18(11-16)35(17)27-33-22-8-7-15(26(36)37)9-23(22)38-27/h1-4,7-9,14,16-18,32H,5-6,10-13H2,(H,36,37). The van der Waals surface area contributed by atoms with Gasteiger partial charge in [0.2, 0.25) is 0 Å². The molecule has 4 aliphatic rings. The number of alkyl halides is 3. The van der Waals surface area contributed by atoms with Crippen molar-refractivity contribution >= 4 is 23.1 Å². The van der Waals surface area contributed by atoms with E-state index in [9.17, 15) is 23.1 Å². The first-order chi connectivity index (χ1) is 18.8. The van der Waals surface area contributed by atoms with Gasteiger partial charge in [0.05, 0.1) is 11.1 Å². The van der Waals surface area contributed by atoms with E-state index in [1.807, 2.05) is 0 Å². The number of piperidine rings is 1. The molecular formula is C28H25F3N4O4. The Hall–Kier alpha value is -3.86. The molecule has 2 bridgehead atoms.